The van der Waals surface area contributed by atoms with Gasteiger partial charge in [-0.25, -0.2) is 4.52 Å². The Bertz CT molecular complexity index is 1650. The molecule has 0 amide bonds. The highest BCUT2D eigenvalue weighted by Crippen LogP contribution is 2.40. The van der Waals surface area contributed by atoms with E-state index in [4.69, 9.17) is 4.43 Å². The van der Waals surface area contributed by atoms with E-state index in [-0.39, 0.29) is 22.7 Å². The predicted molar refractivity (Wildman–Crippen MR) is 168 cm³/mol. The first-order chi connectivity index (χ1) is 20.0. The van der Waals surface area contributed by atoms with Gasteiger partial charge in [-0.15, -0.1) is 0 Å². The Labute approximate surface area is 249 Å². The van der Waals surface area contributed by atoms with Gasteiger partial charge in [0.1, 0.15) is 6.33 Å². The maximum atomic E-state index is 14.3. The molecule has 8 nitrogen and oxygen atoms in total. The van der Waals surface area contributed by atoms with Crippen LogP contribution in [-0.4, -0.2) is 38.6 Å². The third-order valence-corrected chi connectivity index (χ3v) is 13.7. The zero-order valence-electron chi connectivity index (χ0n) is 25.7. The van der Waals surface area contributed by atoms with Crippen molar-refractivity contribution in [1.82, 2.24) is 24.1 Å². The highest BCUT2D eigenvalue weighted by Gasteiger charge is 2.40. The van der Waals surface area contributed by atoms with Crippen LogP contribution in [0.1, 0.15) is 88.2 Å². The van der Waals surface area contributed by atoms with Gasteiger partial charge in [0.15, 0.2) is 8.32 Å². The Morgan fingerprint density at radius 3 is 2.45 bits per heavy atom. The Hall–Kier alpha value is -3.61. The molecule has 3 heterocycles. The van der Waals surface area contributed by atoms with Crippen molar-refractivity contribution in [3.63, 3.8) is 0 Å². The number of nitriles is 1. The minimum Gasteiger partial charge on any atom is -0.414 e. The molecule has 0 atom stereocenters. The first-order valence-corrected chi connectivity index (χ1v) is 18.0. The molecule has 0 N–H and O–H groups in total. The smallest absolute Gasteiger partial charge is 0.259 e. The summed E-state index contributed by atoms with van der Waals surface area (Å²) < 4.78 is 10.5. The molecule has 0 bridgehead atoms. The van der Waals surface area contributed by atoms with Crippen molar-refractivity contribution in [2.24, 2.45) is 0 Å². The Balaban J connectivity index is 1.45. The molecule has 3 aromatic heterocycles. The van der Waals surface area contributed by atoms with E-state index in [1.807, 2.05) is 45.6 Å². The number of nitrogens with zero attached hydrogens (tertiary/aromatic N) is 6. The van der Waals surface area contributed by atoms with E-state index in [2.05, 4.69) is 61.9 Å². The van der Waals surface area contributed by atoms with E-state index >= 15 is 0 Å². The summed E-state index contributed by atoms with van der Waals surface area (Å²) in [6, 6.07) is 13.7. The molecule has 1 saturated carbocycles. The number of hydrogen-bond acceptors (Lipinski definition) is 6. The molecule has 0 radical (unpaired) electrons. The molecule has 9 heteroatoms. The number of rotatable bonds is 8. The monoisotopic (exact) mass is 582 g/mol. The Kier molecular flexibility index (Phi) is 8.49. The summed E-state index contributed by atoms with van der Waals surface area (Å²) in [4.78, 5) is 23.5. The van der Waals surface area contributed by atoms with Gasteiger partial charge in [0, 0.05) is 35.9 Å². The lowest BCUT2D eigenvalue weighted by molar-refractivity contribution is 0.118. The van der Waals surface area contributed by atoms with Gasteiger partial charge in [-0.1, -0.05) is 58.4 Å². The second kappa shape index (κ2) is 11.9. The Morgan fingerprint density at radius 2 is 1.81 bits per heavy atom. The van der Waals surface area contributed by atoms with Crippen LogP contribution in [0, 0.1) is 11.3 Å². The highest BCUT2D eigenvalue weighted by atomic mass is 28.4. The van der Waals surface area contributed by atoms with Crippen molar-refractivity contribution in [3.05, 3.63) is 81.7 Å². The van der Waals surface area contributed by atoms with Crippen LogP contribution >= 0.6 is 0 Å². The van der Waals surface area contributed by atoms with E-state index in [1.54, 1.807) is 12.4 Å². The summed E-state index contributed by atoms with van der Waals surface area (Å²) in [5.41, 5.74) is 4.77. The first-order valence-electron chi connectivity index (χ1n) is 15.1. The summed E-state index contributed by atoms with van der Waals surface area (Å²) in [7, 11) is -1.85. The van der Waals surface area contributed by atoms with Gasteiger partial charge < -0.3 is 4.43 Å². The fourth-order valence-electron chi connectivity index (χ4n) is 5.79. The van der Waals surface area contributed by atoms with E-state index in [0.29, 0.717) is 17.8 Å². The zero-order valence-corrected chi connectivity index (χ0v) is 26.7. The van der Waals surface area contributed by atoms with Gasteiger partial charge in [-0.05, 0) is 67.9 Å². The lowest BCUT2D eigenvalue weighted by atomic mass is 9.92. The van der Waals surface area contributed by atoms with Crippen molar-refractivity contribution in [2.75, 3.05) is 0 Å². The van der Waals surface area contributed by atoms with Gasteiger partial charge in [0.05, 0.1) is 23.0 Å². The quantitative estimate of drug-likeness (QED) is 0.210. The van der Waals surface area contributed by atoms with Gasteiger partial charge in [0.25, 0.3) is 5.56 Å². The molecule has 0 unspecified atom stereocenters. The molecule has 5 rings (SSSR count). The molecule has 0 saturated heterocycles. The second-order valence-electron chi connectivity index (χ2n) is 13.0. The summed E-state index contributed by atoms with van der Waals surface area (Å²) >= 11 is 0. The molecule has 42 heavy (non-hydrogen) atoms. The minimum absolute atomic E-state index is 0.0200. The molecule has 1 aliphatic rings. The molecular formula is C33H42N6O2Si. The lowest BCUT2D eigenvalue weighted by Crippen LogP contribution is -2.45. The normalized spacial score (nSPS) is 17.8. The fourth-order valence-corrected chi connectivity index (χ4v) is 7.21. The molecular weight excluding hydrogens is 540 g/mol. The van der Waals surface area contributed by atoms with E-state index in [0.717, 1.165) is 66.6 Å². The van der Waals surface area contributed by atoms with Crippen LogP contribution in [0.15, 0.2) is 53.7 Å². The van der Waals surface area contributed by atoms with Crippen LogP contribution in [-0.2, 0) is 17.3 Å². The molecule has 1 aliphatic carbocycles. The number of hydrogen-bond donors (Lipinski definition) is 0. The summed E-state index contributed by atoms with van der Waals surface area (Å²) in [6.07, 6.45) is 9.33. The van der Waals surface area contributed by atoms with Crippen molar-refractivity contribution in [1.29, 1.82) is 5.26 Å². The first kappa shape index (κ1) is 29.9. The van der Waals surface area contributed by atoms with E-state index in [1.165, 1.54) is 0 Å². The largest absolute Gasteiger partial charge is 0.414 e. The van der Waals surface area contributed by atoms with Crippen LogP contribution in [0.5, 0.6) is 0 Å². The molecule has 0 spiro atoms. The van der Waals surface area contributed by atoms with Crippen molar-refractivity contribution < 1.29 is 4.43 Å². The molecule has 4 aromatic rings. The van der Waals surface area contributed by atoms with Crippen LogP contribution in [0.2, 0.25) is 18.1 Å². The van der Waals surface area contributed by atoms with Gasteiger partial charge in [-0.2, -0.15) is 15.3 Å². The van der Waals surface area contributed by atoms with Crippen LogP contribution in [0.3, 0.4) is 0 Å². The highest BCUT2D eigenvalue weighted by molar-refractivity contribution is 6.74. The van der Waals surface area contributed by atoms with Crippen molar-refractivity contribution >= 4 is 14.1 Å². The second-order valence-corrected chi connectivity index (χ2v) is 17.8. The SMILES string of the molecule is CCCc1c(Cc2ccc(-c3ccccc3C#N)nc2)c(=O)n(C2CCC(O[Si](C)(C)C(C)(C)C)CC2)c2ncnn12. The maximum absolute atomic E-state index is 14.3. The van der Waals surface area contributed by atoms with Gasteiger partial charge in [-0.3, -0.25) is 14.3 Å². The predicted octanol–water partition coefficient (Wildman–Crippen LogP) is 6.87. The van der Waals surface area contributed by atoms with Crippen LogP contribution in [0.4, 0.5) is 0 Å². The fraction of sp³-hybridized carbons (Fsp3) is 0.485. The molecule has 1 fully saturated rings. The molecule has 0 aliphatic heterocycles. The third kappa shape index (κ3) is 5.83. The topological polar surface area (TPSA) is 98.1 Å². The van der Waals surface area contributed by atoms with Crippen LogP contribution in [0.25, 0.3) is 17.0 Å². The lowest BCUT2D eigenvalue weighted by Gasteiger charge is -2.41. The zero-order chi connectivity index (χ0) is 30.1. The van der Waals surface area contributed by atoms with Gasteiger partial charge >= 0.3 is 0 Å². The van der Waals surface area contributed by atoms with E-state index < -0.39 is 8.32 Å². The summed E-state index contributed by atoms with van der Waals surface area (Å²) in [5, 5.41) is 14.3. The summed E-state index contributed by atoms with van der Waals surface area (Å²) in [5.74, 6) is 0.627. The number of aryl methyl sites for hydroxylation is 1. The number of fused-ring (bicyclic) bond motifs is 1. The molecule has 220 valence electrons. The third-order valence-electron chi connectivity index (χ3n) is 9.12. The van der Waals surface area contributed by atoms with Crippen LogP contribution < -0.4 is 5.56 Å². The van der Waals surface area contributed by atoms with Gasteiger partial charge in [0.2, 0.25) is 5.78 Å². The average Bonchev–Trinajstić information content (AvgIpc) is 3.45. The van der Waals surface area contributed by atoms with Crippen molar-refractivity contribution in [3.8, 4) is 17.3 Å². The average molecular weight is 583 g/mol. The Morgan fingerprint density at radius 1 is 1.07 bits per heavy atom. The number of pyridine rings is 1. The number of aromatic nitrogens is 5. The summed E-state index contributed by atoms with van der Waals surface area (Å²) in [6.45, 7) is 13.6. The minimum atomic E-state index is -1.85. The molecule has 1 aromatic carbocycles. The maximum Gasteiger partial charge on any atom is 0.259 e. The standard InChI is InChI=1S/C33H42N6O2Si/c1-7-10-30-28(19-23-13-18-29(35-21-23)27-12-9-8-11-24(27)20-34)31(40)38(32-36-22-37-39(30)32)25-14-16-26(17-15-25)41-42(5,6)33(2,3)4/h8-9,11-13,18,21-22,25-26H,7,10,14-17,19H2,1-6H3. The van der Waals surface area contributed by atoms with Crippen molar-refractivity contribution in [2.45, 2.75) is 103 Å². The van der Waals surface area contributed by atoms with E-state index in [9.17, 15) is 10.1 Å². The number of benzene rings is 1.